The predicted octanol–water partition coefficient (Wildman–Crippen LogP) is 3.39. The largest absolute Gasteiger partial charge is 0.336 e. The van der Waals surface area contributed by atoms with Crippen molar-refractivity contribution < 1.29 is 4.79 Å². The lowest BCUT2D eigenvalue weighted by atomic mass is 10.2. The van der Waals surface area contributed by atoms with Crippen molar-refractivity contribution in [2.45, 2.75) is 13.0 Å². The van der Waals surface area contributed by atoms with Gasteiger partial charge in [0.1, 0.15) is 5.82 Å². The number of aromatic nitrogens is 2. The summed E-state index contributed by atoms with van der Waals surface area (Å²) >= 11 is 5.89. The van der Waals surface area contributed by atoms with E-state index in [1.165, 1.54) is 0 Å². The molecule has 1 aliphatic heterocycles. The second-order valence-electron chi connectivity index (χ2n) is 5.72. The van der Waals surface area contributed by atoms with Crippen molar-refractivity contribution >= 4 is 28.5 Å². The summed E-state index contributed by atoms with van der Waals surface area (Å²) in [5.41, 5.74) is 2.85. The molecule has 0 saturated heterocycles. The molecule has 0 bridgehead atoms. The Labute approximate surface area is 139 Å². The highest BCUT2D eigenvalue weighted by Crippen LogP contribution is 2.20. The Morgan fingerprint density at radius 3 is 2.61 bits per heavy atom. The van der Waals surface area contributed by atoms with E-state index >= 15 is 0 Å². The summed E-state index contributed by atoms with van der Waals surface area (Å²) in [6.07, 6.45) is 0.772. The molecule has 1 aliphatic rings. The molecular formula is C18H16ClN3O. The van der Waals surface area contributed by atoms with E-state index in [-0.39, 0.29) is 5.91 Å². The molecule has 0 spiro atoms. The van der Waals surface area contributed by atoms with Gasteiger partial charge in [-0.05, 0) is 36.4 Å². The number of benzene rings is 2. The van der Waals surface area contributed by atoms with Crippen molar-refractivity contribution in [1.29, 1.82) is 0 Å². The molecular weight excluding hydrogens is 310 g/mol. The zero-order valence-corrected chi connectivity index (χ0v) is 13.3. The molecule has 5 heteroatoms. The van der Waals surface area contributed by atoms with Crippen molar-refractivity contribution in [2.75, 3.05) is 13.1 Å². The lowest BCUT2D eigenvalue weighted by Crippen LogP contribution is -2.33. The molecule has 116 valence electrons. The summed E-state index contributed by atoms with van der Waals surface area (Å²) in [6, 6.07) is 15.2. The first-order valence-electron chi connectivity index (χ1n) is 7.71. The molecule has 23 heavy (non-hydrogen) atoms. The molecule has 0 saturated carbocycles. The van der Waals surface area contributed by atoms with Crippen LogP contribution >= 0.6 is 11.6 Å². The number of hydrogen-bond donors (Lipinski definition) is 0. The van der Waals surface area contributed by atoms with Crippen LogP contribution in [-0.2, 0) is 13.0 Å². The maximum Gasteiger partial charge on any atom is 0.253 e. The molecule has 0 unspecified atom stereocenters. The molecule has 1 aromatic heterocycles. The minimum Gasteiger partial charge on any atom is -0.336 e. The lowest BCUT2D eigenvalue weighted by Gasteiger charge is -2.20. The third-order valence-electron chi connectivity index (χ3n) is 4.31. The fraction of sp³-hybridized carbons (Fsp3) is 0.222. The van der Waals surface area contributed by atoms with Crippen molar-refractivity contribution in [3.63, 3.8) is 0 Å². The van der Waals surface area contributed by atoms with Crippen LogP contribution in [-0.4, -0.2) is 33.4 Å². The van der Waals surface area contributed by atoms with Crippen LogP contribution in [0.3, 0.4) is 0 Å². The van der Waals surface area contributed by atoms with E-state index in [1.54, 1.807) is 24.3 Å². The van der Waals surface area contributed by atoms with Gasteiger partial charge in [-0.15, -0.1) is 0 Å². The molecule has 2 aromatic carbocycles. The van der Waals surface area contributed by atoms with E-state index in [2.05, 4.69) is 10.6 Å². The van der Waals surface area contributed by atoms with Gasteiger partial charge in [0.05, 0.1) is 11.0 Å². The third-order valence-corrected chi connectivity index (χ3v) is 4.56. The van der Waals surface area contributed by atoms with Crippen LogP contribution in [0.4, 0.5) is 0 Å². The maximum absolute atomic E-state index is 12.7. The fourth-order valence-corrected chi connectivity index (χ4v) is 3.24. The van der Waals surface area contributed by atoms with Crippen molar-refractivity contribution in [1.82, 2.24) is 14.5 Å². The smallest absolute Gasteiger partial charge is 0.253 e. The Kier molecular flexibility index (Phi) is 3.54. The van der Waals surface area contributed by atoms with Gasteiger partial charge in [0, 0.05) is 36.6 Å². The van der Waals surface area contributed by atoms with Gasteiger partial charge >= 0.3 is 0 Å². The van der Waals surface area contributed by atoms with Gasteiger partial charge in [-0.25, -0.2) is 4.98 Å². The van der Waals surface area contributed by atoms with Crippen LogP contribution in [0.1, 0.15) is 16.2 Å². The van der Waals surface area contributed by atoms with Crippen LogP contribution in [0.5, 0.6) is 0 Å². The number of nitrogens with zero attached hydrogens (tertiary/aromatic N) is 3. The number of carbonyl (C=O) groups excluding carboxylic acids is 1. The molecule has 4 rings (SSSR count). The number of hydrogen-bond acceptors (Lipinski definition) is 2. The quantitative estimate of drug-likeness (QED) is 0.688. The Bertz CT molecular complexity index is 870. The second-order valence-corrected chi connectivity index (χ2v) is 6.15. The van der Waals surface area contributed by atoms with Crippen LogP contribution in [0.25, 0.3) is 11.0 Å². The summed E-state index contributed by atoms with van der Waals surface area (Å²) in [6.45, 7) is 2.15. The Balaban J connectivity index is 1.58. The van der Waals surface area contributed by atoms with E-state index in [9.17, 15) is 4.79 Å². The first-order valence-corrected chi connectivity index (χ1v) is 8.09. The summed E-state index contributed by atoms with van der Waals surface area (Å²) in [4.78, 5) is 19.2. The minimum absolute atomic E-state index is 0.0525. The average molecular weight is 326 g/mol. The van der Waals surface area contributed by atoms with Crippen LogP contribution in [0.15, 0.2) is 48.5 Å². The topological polar surface area (TPSA) is 38.1 Å². The molecule has 0 atom stereocenters. The van der Waals surface area contributed by atoms with Gasteiger partial charge in [0.2, 0.25) is 0 Å². The number of amides is 1. The SMILES string of the molecule is O=C(c1ccc(Cl)cc1)N1CCc2nc3ccccc3n2CC1. The fourth-order valence-electron chi connectivity index (χ4n) is 3.11. The molecule has 4 nitrogen and oxygen atoms in total. The van der Waals surface area contributed by atoms with Gasteiger partial charge in [0.25, 0.3) is 5.91 Å². The molecule has 0 N–H and O–H groups in total. The zero-order chi connectivity index (χ0) is 15.8. The van der Waals surface area contributed by atoms with Crippen LogP contribution in [0.2, 0.25) is 5.02 Å². The highest BCUT2D eigenvalue weighted by Gasteiger charge is 2.21. The number of carbonyl (C=O) groups is 1. The summed E-state index contributed by atoms with van der Waals surface area (Å²) in [5, 5.41) is 0.643. The van der Waals surface area contributed by atoms with E-state index in [1.807, 2.05) is 23.1 Å². The molecule has 2 heterocycles. The first kappa shape index (κ1) is 14.3. The van der Waals surface area contributed by atoms with Gasteiger partial charge in [0.15, 0.2) is 0 Å². The maximum atomic E-state index is 12.7. The minimum atomic E-state index is 0.0525. The van der Waals surface area contributed by atoms with E-state index in [4.69, 9.17) is 16.6 Å². The van der Waals surface area contributed by atoms with Gasteiger partial charge in [-0.2, -0.15) is 0 Å². The van der Waals surface area contributed by atoms with E-state index < -0.39 is 0 Å². The molecule has 0 radical (unpaired) electrons. The van der Waals surface area contributed by atoms with Gasteiger partial charge < -0.3 is 9.47 Å². The van der Waals surface area contributed by atoms with Crippen molar-refractivity contribution in [3.05, 3.63) is 64.9 Å². The van der Waals surface area contributed by atoms with E-state index in [0.717, 1.165) is 29.8 Å². The monoisotopic (exact) mass is 325 g/mol. The number of halogens is 1. The Morgan fingerprint density at radius 1 is 1.00 bits per heavy atom. The number of para-hydroxylation sites is 2. The lowest BCUT2D eigenvalue weighted by molar-refractivity contribution is 0.0759. The Hall–Kier alpha value is -2.33. The number of rotatable bonds is 1. The number of imidazole rings is 1. The van der Waals surface area contributed by atoms with Gasteiger partial charge in [-0.1, -0.05) is 23.7 Å². The zero-order valence-electron chi connectivity index (χ0n) is 12.6. The average Bonchev–Trinajstić information content (AvgIpc) is 2.79. The highest BCUT2D eigenvalue weighted by molar-refractivity contribution is 6.30. The standard InChI is InChI=1S/C18H16ClN3O/c19-14-7-5-13(6-8-14)18(23)21-10-9-17-20-15-3-1-2-4-16(15)22(17)12-11-21/h1-8H,9-12H2. The first-order chi connectivity index (χ1) is 11.2. The van der Waals surface area contributed by atoms with Gasteiger partial charge in [-0.3, -0.25) is 4.79 Å². The molecule has 1 amide bonds. The van der Waals surface area contributed by atoms with Crippen molar-refractivity contribution in [2.24, 2.45) is 0 Å². The van der Waals surface area contributed by atoms with E-state index in [0.29, 0.717) is 23.7 Å². The van der Waals surface area contributed by atoms with Crippen LogP contribution in [0, 0.1) is 0 Å². The third kappa shape index (κ3) is 2.59. The second kappa shape index (κ2) is 5.70. The Morgan fingerprint density at radius 2 is 1.78 bits per heavy atom. The molecule has 3 aromatic rings. The highest BCUT2D eigenvalue weighted by atomic mass is 35.5. The van der Waals surface area contributed by atoms with Crippen molar-refractivity contribution in [3.8, 4) is 0 Å². The predicted molar refractivity (Wildman–Crippen MR) is 90.8 cm³/mol. The number of fused-ring (bicyclic) bond motifs is 3. The summed E-state index contributed by atoms with van der Waals surface area (Å²) in [7, 11) is 0. The molecule has 0 aliphatic carbocycles. The molecule has 0 fully saturated rings. The van der Waals surface area contributed by atoms with Crippen LogP contribution < -0.4 is 0 Å². The normalized spacial score (nSPS) is 14.6. The summed E-state index contributed by atoms with van der Waals surface area (Å²) < 4.78 is 2.23. The summed E-state index contributed by atoms with van der Waals surface area (Å²) in [5.74, 6) is 1.11.